The van der Waals surface area contributed by atoms with Gasteiger partial charge in [0, 0.05) is 22.2 Å². The number of ketones is 2. The molecule has 3 aromatic carbocycles. The summed E-state index contributed by atoms with van der Waals surface area (Å²) in [6, 6.07) is 12.5. The molecule has 0 spiro atoms. The van der Waals surface area contributed by atoms with Crippen molar-refractivity contribution in [3.05, 3.63) is 81.9 Å². The number of fused-ring (bicyclic) bond motifs is 2. The number of anilines is 2. The molecule has 1 unspecified atom stereocenters. The third-order valence-corrected chi connectivity index (χ3v) is 5.85. The summed E-state index contributed by atoms with van der Waals surface area (Å²) in [5, 5.41) is 20.0. The predicted octanol–water partition coefficient (Wildman–Crippen LogP) is 3.22. The Morgan fingerprint density at radius 2 is 1.61 bits per heavy atom. The largest absolute Gasteiger partial charge is 0.755 e. The van der Waals surface area contributed by atoms with E-state index < -0.39 is 52.5 Å². The molecule has 0 amide bonds. The second kappa shape index (κ2) is 8.66. The van der Waals surface area contributed by atoms with E-state index in [1.54, 1.807) is 6.07 Å². The molecule has 168 valence electrons. The van der Waals surface area contributed by atoms with Crippen LogP contribution in [0.2, 0.25) is 5.02 Å². The van der Waals surface area contributed by atoms with E-state index in [0.29, 0.717) is 5.02 Å². The molecule has 11 heteroatoms. The maximum absolute atomic E-state index is 13.4. The Morgan fingerprint density at radius 1 is 1.03 bits per heavy atom. The molecule has 9 nitrogen and oxygen atoms in total. The van der Waals surface area contributed by atoms with Gasteiger partial charge in [-0.2, -0.15) is 0 Å². The average molecular weight is 487 g/mol. The molecule has 0 fully saturated rings. The average Bonchev–Trinajstić information content (AvgIpc) is 2.78. The molecule has 2 N–H and O–H groups in total. The standard InChI is InChI=1S/C22H14ClNO8S/c23-11-5-7-12(8-6-11)24(33(30)31)15-9-16(32-10-17(25)26)22(29)19-18(15)20(27)13-3-1-2-4-14(13)21(19)28/h1-9,29H,10H2,(H,25,26)(H,30,31)/p-1. The van der Waals surface area contributed by atoms with Crippen LogP contribution in [0.15, 0.2) is 54.6 Å². The first-order valence-electron chi connectivity index (χ1n) is 9.28. The highest BCUT2D eigenvalue weighted by molar-refractivity contribution is 7.81. The number of aromatic hydroxyl groups is 1. The molecule has 0 saturated carbocycles. The maximum Gasteiger partial charge on any atom is 0.341 e. The zero-order valence-corrected chi connectivity index (χ0v) is 18.1. The van der Waals surface area contributed by atoms with Crippen molar-refractivity contribution in [2.45, 2.75) is 0 Å². The van der Waals surface area contributed by atoms with Crippen molar-refractivity contribution in [1.82, 2.24) is 0 Å². The van der Waals surface area contributed by atoms with Crippen LogP contribution in [-0.2, 0) is 16.1 Å². The van der Waals surface area contributed by atoms with E-state index in [1.807, 2.05) is 0 Å². The number of carbonyl (C=O) groups is 3. The predicted molar refractivity (Wildman–Crippen MR) is 117 cm³/mol. The molecule has 0 radical (unpaired) electrons. The highest BCUT2D eigenvalue weighted by Crippen LogP contribution is 2.46. The first-order valence-corrected chi connectivity index (χ1v) is 10.7. The van der Waals surface area contributed by atoms with Gasteiger partial charge in [-0.15, -0.1) is 0 Å². The second-order valence-electron chi connectivity index (χ2n) is 6.87. The molecule has 0 aromatic heterocycles. The van der Waals surface area contributed by atoms with Crippen molar-refractivity contribution < 1.29 is 38.1 Å². The number of rotatable bonds is 6. The molecule has 3 aromatic rings. The summed E-state index contributed by atoms with van der Waals surface area (Å²) in [6.07, 6.45) is 0. The molecular weight excluding hydrogens is 474 g/mol. The third kappa shape index (κ3) is 3.95. The molecule has 0 aliphatic heterocycles. The highest BCUT2D eigenvalue weighted by Gasteiger charge is 2.37. The molecule has 1 aliphatic rings. The number of carboxylic acid groups (broad SMARTS) is 1. The van der Waals surface area contributed by atoms with Gasteiger partial charge in [-0.05, 0) is 24.3 Å². The van der Waals surface area contributed by atoms with Crippen LogP contribution in [0.1, 0.15) is 31.8 Å². The summed E-state index contributed by atoms with van der Waals surface area (Å²) < 4.78 is 30.4. The van der Waals surface area contributed by atoms with Crippen LogP contribution in [-0.4, -0.2) is 43.1 Å². The number of ether oxygens (including phenoxy) is 1. The molecule has 1 atom stereocenters. The van der Waals surface area contributed by atoms with Gasteiger partial charge in [0.25, 0.3) is 0 Å². The minimum absolute atomic E-state index is 0.00734. The Morgan fingerprint density at radius 3 is 2.15 bits per heavy atom. The fraction of sp³-hybridized carbons (Fsp3) is 0.0455. The molecular formula is C22H13ClNO8S-. The van der Waals surface area contributed by atoms with Crippen LogP contribution in [0.4, 0.5) is 11.4 Å². The van der Waals surface area contributed by atoms with Crippen LogP contribution in [0.3, 0.4) is 0 Å². The number of hydrogen-bond acceptors (Lipinski definition) is 7. The van der Waals surface area contributed by atoms with Crippen molar-refractivity contribution in [1.29, 1.82) is 0 Å². The zero-order chi connectivity index (χ0) is 23.9. The summed E-state index contributed by atoms with van der Waals surface area (Å²) in [4.78, 5) is 37.6. The molecule has 33 heavy (non-hydrogen) atoms. The summed E-state index contributed by atoms with van der Waals surface area (Å²) in [6.45, 7) is -0.883. The van der Waals surface area contributed by atoms with Gasteiger partial charge in [0.05, 0.1) is 33.8 Å². The van der Waals surface area contributed by atoms with Crippen LogP contribution in [0, 0.1) is 0 Å². The van der Waals surface area contributed by atoms with Gasteiger partial charge in [0.1, 0.15) is 0 Å². The first-order chi connectivity index (χ1) is 15.7. The SMILES string of the molecule is O=C(O)COc1cc(N(c2ccc(Cl)cc2)S(=O)[O-])c2c(c1O)C(=O)c1ccccc1C2=O. The Labute approximate surface area is 194 Å². The van der Waals surface area contributed by atoms with E-state index in [-0.39, 0.29) is 28.1 Å². The molecule has 0 bridgehead atoms. The Bertz CT molecular complexity index is 1340. The zero-order valence-electron chi connectivity index (χ0n) is 16.5. The first kappa shape index (κ1) is 22.5. The Kier molecular flexibility index (Phi) is 5.90. The van der Waals surface area contributed by atoms with Gasteiger partial charge in [0.2, 0.25) is 0 Å². The Balaban J connectivity index is 2.03. The van der Waals surface area contributed by atoms with E-state index in [9.17, 15) is 28.3 Å². The summed E-state index contributed by atoms with van der Waals surface area (Å²) >= 11 is 2.89. The van der Waals surface area contributed by atoms with Gasteiger partial charge in [0.15, 0.2) is 29.7 Å². The van der Waals surface area contributed by atoms with Gasteiger partial charge >= 0.3 is 5.97 Å². The normalized spacial score (nSPS) is 13.2. The van der Waals surface area contributed by atoms with Crippen LogP contribution in [0.25, 0.3) is 0 Å². The molecule has 1 aliphatic carbocycles. The number of carboxylic acids is 1. The number of carbonyl (C=O) groups excluding carboxylic acids is 2. The van der Waals surface area contributed by atoms with E-state index in [1.165, 1.54) is 42.5 Å². The number of benzene rings is 3. The lowest BCUT2D eigenvalue weighted by Gasteiger charge is -2.31. The summed E-state index contributed by atoms with van der Waals surface area (Å²) in [7, 11) is 0. The van der Waals surface area contributed by atoms with Crippen LogP contribution < -0.4 is 9.04 Å². The van der Waals surface area contributed by atoms with E-state index in [0.717, 1.165) is 10.4 Å². The summed E-state index contributed by atoms with van der Waals surface area (Å²) in [5.41, 5.74) is -1.04. The van der Waals surface area contributed by atoms with Crippen molar-refractivity contribution in [3.63, 3.8) is 0 Å². The van der Waals surface area contributed by atoms with Gasteiger partial charge < -0.3 is 19.5 Å². The monoisotopic (exact) mass is 486 g/mol. The number of phenols is 1. The van der Waals surface area contributed by atoms with Crippen molar-refractivity contribution >= 4 is 51.8 Å². The minimum atomic E-state index is -3.00. The van der Waals surface area contributed by atoms with Gasteiger partial charge in [-0.25, -0.2) is 4.79 Å². The summed E-state index contributed by atoms with van der Waals surface area (Å²) in [5.74, 6) is -4.05. The van der Waals surface area contributed by atoms with Crippen molar-refractivity contribution in [2.75, 3.05) is 10.9 Å². The fourth-order valence-electron chi connectivity index (χ4n) is 3.53. The number of phenolic OH excluding ortho intramolecular Hbond substituents is 1. The van der Waals surface area contributed by atoms with Crippen molar-refractivity contribution in [2.24, 2.45) is 0 Å². The molecule has 0 saturated heterocycles. The topological polar surface area (TPSA) is 144 Å². The molecule has 4 rings (SSSR count). The lowest BCUT2D eigenvalue weighted by Crippen LogP contribution is -2.27. The van der Waals surface area contributed by atoms with Crippen LogP contribution in [0.5, 0.6) is 11.5 Å². The number of aliphatic carboxylic acids is 1. The minimum Gasteiger partial charge on any atom is -0.755 e. The quantitative estimate of drug-likeness (QED) is 0.395. The second-order valence-corrected chi connectivity index (χ2v) is 8.10. The van der Waals surface area contributed by atoms with Gasteiger partial charge in [-0.3, -0.25) is 18.1 Å². The van der Waals surface area contributed by atoms with E-state index >= 15 is 0 Å². The fourth-order valence-corrected chi connectivity index (χ4v) is 4.25. The van der Waals surface area contributed by atoms with E-state index in [4.69, 9.17) is 21.4 Å². The van der Waals surface area contributed by atoms with E-state index in [2.05, 4.69) is 0 Å². The molecule has 0 heterocycles. The lowest BCUT2D eigenvalue weighted by molar-refractivity contribution is -0.139. The number of nitrogens with zero attached hydrogens (tertiary/aromatic N) is 1. The highest BCUT2D eigenvalue weighted by atomic mass is 35.5. The van der Waals surface area contributed by atoms with Crippen LogP contribution >= 0.6 is 11.6 Å². The number of hydrogen-bond donors (Lipinski definition) is 2. The lowest BCUT2D eigenvalue weighted by atomic mass is 9.82. The van der Waals surface area contributed by atoms with Gasteiger partial charge in [-0.1, -0.05) is 35.9 Å². The smallest absolute Gasteiger partial charge is 0.341 e. The Hall–Kier alpha value is -3.73. The van der Waals surface area contributed by atoms with Crippen molar-refractivity contribution in [3.8, 4) is 11.5 Å². The number of halogens is 1. The third-order valence-electron chi connectivity index (χ3n) is 4.89. The maximum atomic E-state index is 13.4.